The van der Waals surface area contributed by atoms with Crippen molar-refractivity contribution in [2.75, 3.05) is 18.0 Å². The van der Waals surface area contributed by atoms with Gasteiger partial charge in [0.25, 0.3) is 0 Å². The molecule has 27 heavy (non-hydrogen) atoms. The minimum absolute atomic E-state index is 0.109. The van der Waals surface area contributed by atoms with Crippen LogP contribution < -0.4 is 4.90 Å². The number of benzene rings is 1. The zero-order chi connectivity index (χ0) is 18.9. The minimum Gasteiger partial charge on any atom is -0.477 e. The van der Waals surface area contributed by atoms with Crippen LogP contribution in [0.25, 0.3) is 0 Å². The summed E-state index contributed by atoms with van der Waals surface area (Å²) in [7, 11) is 0. The third kappa shape index (κ3) is 4.15. The molecule has 0 spiro atoms. The summed E-state index contributed by atoms with van der Waals surface area (Å²) < 4.78 is 0. The Hall–Kier alpha value is -2.36. The Morgan fingerprint density at radius 1 is 1.19 bits per heavy atom. The lowest BCUT2D eigenvalue weighted by atomic mass is 9.76. The molecule has 142 valence electrons. The summed E-state index contributed by atoms with van der Waals surface area (Å²) in [5, 5.41) is 8.98. The van der Waals surface area contributed by atoms with Gasteiger partial charge in [-0.3, -0.25) is 0 Å². The van der Waals surface area contributed by atoms with Crippen molar-refractivity contribution in [1.29, 1.82) is 0 Å². The average molecular weight is 364 g/mol. The summed E-state index contributed by atoms with van der Waals surface area (Å²) in [4.78, 5) is 17.3. The normalized spacial score (nSPS) is 23.8. The highest BCUT2D eigenvalue weighted by Crippen LogP contribution is 2.52. The molecule has 1 aromatic heterocycles. The first-order valence-corrected chi connectivity index (χ1v) is 10.0. The number of carboxylic acids is 1. The van der Waals surface area contributed by atoms with E-state index in [1.807, 2.05) is 6.07 Å². The Labute approximate surface area is 161 Å². The van der Waals surface area contributed by atoms with Crippen molar-refractivity contribution in [2.45, 2.75) is 44.9 Å². The van der Waals surface area contributed by atoms with E-state index in [4.69, 9.17) is 5.11 Å². The third-order valence-corrected chi connectivity index (χ3v) is 6.57. The highest BCUT2D eigenvalue weighted by molar-refractivity contribution is 5.85. The molecule has 2 fully saturated rings. The first-order valence-electron chi connectivity index (χ1n) is 10.0. The molecule has 1 unspecified atom stereocenters. The monoisotopic (exact) mass is 364 g/mol. The van der Waals surface area contributed by atoms with E-state index in [1.165, 1.54) is 37.7 Å². The molecule has 0 amide bonds. The number of aromatic nitrogens is 1. The fourth-order valence-corrected chi connectivity index (χ4v) is 4.46. The summed E-state index contributed by atoms with van der Waals surface area (Å²) >= 11 is 0. The van der Waals surface area contributed by atoms with Crippen molar-refractivity contribution in [3.8, 4) is 0 Å². The van der Waals surface area contributed by atoms with Gasteiger partial charge in [0, 0.05) is 13.1 Å². The van der Waals surface area contributed by atoms with Gasteiger partial charge in [-0.1, -0.05) is 37.3 Å². The first-order chi connectivity index (χ1) is 13.0. The van der Waals surface area contributed by atoms with Crippen molar-refractivity contribution in [3.05, 3.63) is 59.9 Å². The molecule has 1 aromatic carbocycles. The number of carbonyl (C=O) groups is 1. The number of carboxylic acid groups (broad SMARTS) is 1. The first kappa shape index (κ1) is 18.0. The number of hydrogen-bond acceptors (Lipinski definition) is 3. The van der Waals surface area contributed by atoms with Crippen LogP contribution >= 0.6 is 0 Å². The van der Waals surface area contributed by atoms with Crippen LogP contribution in [-0.2, 0) is 0 Å². The maximum absolute atomic E-state index is 10.9. The molecule has 0 bridgehead atoms. The second kappa shape index (κ2) is 7.34. The minimum atomic E-state index is -0.971. The number of piperidine rings is 1. The largest absolute Gasteiger partial charge is 0.477 e. The average Bonchev–Trinajstić information content (AvgIpc) is 3.48. The van der Waals surface area contributed by atoms with Gasteiger partial charge in [-0.25, -0.2) is 9.78 Å². The van der Waals surface area contributed by atoms with Crippen molar-refractivity contribution in [3.63, 3.8) is 0 Å². The molecule has 1 saturated heterocycles. The molecule has 2 aromatic rings. The van der Waals surface area contributed by atoms with E-state index in [0.717, 1.165) is 30.6 Å². The van der Waals surface area contributed by atoms with E-state index in [0.29, 0.717) is 5.41 Å². The molecule has 4 nitrogen and oxygen atoms in total. The maximum Gasteiger partial charge on any atom is 0.354 e. The van der Waals surface area contributed by atoms with Crippen LogP contribution in [0.3, 0.4) is 0 Å². The van der Waals surface area contributed by atoms with E-state index < -0.39 is 5.97 Å². The lowest BCUT2D eigenvalue weighted by Crippen LogP contribution is -2.38. The smallest absolute Gasteiger partial charge is 0.354 e. The zero-order valence-electron chi connectivity index (χ0n) is 16.0. The molecule has 1 aliphatic heterocycles. The van der Waals surface area contributed by atoms with E-state index in [2.05, 4.69) is 47.1 Å². The number of pyridine rings is 1. The number of anilines is 1. The van der Waals surface area contributed by atoms with Crippen LogP contribution in [0.2, 0.25) is 0 Å². The Kier molecular flexibility index (Phi) is 4.90. The van der Waals surface area contributed by atoms with Crippen LogP contribution in [0.1, 0.15) is 61.0 Å². The molecule has 1 saturated carbocycles. The van der Waals surface area contributed by atoms with Gasteiger partial charge >= 0.3 is 5.97 Å². The van der Waals surface area contributed by atoms with Crippen LogP contribution in [0.15, 0.2) is 48.7 Å². The van der Waals surface area contributed by atoms with Crippen LogP contribution in [-0.4, -0.2) is 29.1 Å². The van der Waals surface area contributed by atoms with Crippen molar-refractivity contribution >= 4 is 11.7 Å². The van der Waals surface area contributed by atoms with Gasteiger partial charge in [0.2, 0.25) is 0 Å². The fourth-order valence-electron chi connectivity index (χ4n) is 4.46. The summed E-state index contributed by atoms with van der Waals surface area (Å²) in [6.45, 7) is 4.49. The van der Waals surface area contributed by atoms with E-state index in [1.54, 1.807) is 12.3 Å². The lowest BCUT2D eigenvalue weighted by Gasteiger charge is -2.40. The molecular formula is C23H28N2O2. The number of hydrogen-bond donors (Lipinski definition) is 1. The van der Waals surface area contributed by atoms with Gasteiger partial charge in [0.1, 0.15) is 5.69 Å². The van der Waals surface area contributed by atoms with Gasteiger partial charge in [-0.2, -0.15) is 0 Å². The number of aromatic carboxylic acids is 1. The van der Waals surface area contributed by atoms with Crippen molar-refractivity contribution < 1.29 is 9.90 Å². The molecule has 4 rings (SSSR count). The predicted octanol–water partition coefficient (Wildman–Crippen LogP) is 4.97. The summed E-state index contributed by atoms with van der Waals surface area (Å²) in [5.74, 6) is 0.686. The highest BCUT2D eigenvalue weighted by atomic mass is 16.4. The summed E-state index contributed by atoms with van der Waals surface area (Å²) in [5.41, 5.74) is 3.08. The van der Waals surface area contributed by atoms with E-state index >= 15 is 0 Å². The SMILES string of the molecule is CC1(CC[C@@H]2CC2c2ccccc2)CCN(c2ccc(C(=O)O)nc2)CC1. The van der Waals surface area contributed by atoms with Gasteiger partial charge in [-0.15, -0.1) is 0 Å². The maximum atomic E-state index is 10.9. The van der Waals surface area contributed by atoms with Crippen LogP contribution in [0.4, 0.5) is 5.69 Å². The van der Waals surface area contributed by atoms with Crippen molar-refractivity contribution in [2.24, 2.45) is 11.3 Å². The molecule has 1 N–H and O–H groups in total. The molecule has 1 aliphatic carbocycles. The van der Waals surface area contributed by atoms with Crippen LogP contribution in [0.5, 0.6) is 0 Å². The fraction of sp³-hybridized carbons (Fsp3) is 0.478. The molecule has 0 radical (unpaired) electrons. The Balaban J connectivity index is 1.26. The Bertz CT molecular complexity index is 780. The summed E-state index contributed by atoms with van der Waals surface area (Å²) in [6.07, 6.45) is 8.08. The van der Waals surface area contributed by atoms with Crippen LogP contribution in [0, 0.1) is 11.3 Å². The molecule has 2 atom stereocenters. The standard InChI is InChI=1S/C23H28N2O2/c1-23(10-9-18-15-20(18)17-5-3-2-4-6-17)11-13-25(14-12-23)19-7-8-21(22(26)27)24-16-19/h2-8,16,18,20H,9-15H2,1H3,(H,26,27)/t18-,20?/m1/s1. The second-order valence-corrected chi connectivity index (χ2v) is 8.56. The highest BCUT2D eigenvalue weighted by Gasteiger charge is 2.40. The van der Waals surface area contributed by atoms with E-state index in [-0.39, 0.29) is 5.69 Å². The predicted molar refractivity (Wildman–Crippen MR) is 107 cm³/mol. The molecule has 2 heterocycles. The van der Waals surface area contributed by atoms with Gasteiger partial charge in [0.15, 0.2) is 0 Å². The summed E-state index contributed by atoms with van der Waals surface area (Å²) in [6, 6.07) is 14.4. The molecule has 4 heteroatoms. The molecular weight excluding hydrogens is 336 g/mol. The topological polar surface area (TPSA) is 53.4 Å². The quantitative estimate of drug-likeness (QED) is 0.786. The van der Waals surface area contributed by atoms with E-state index in [9.17, 15) is 4.79 Å². The molecule has 2 aliphatic rings. The zero-order valence-corrected chi connectivity index (χ0v) is 16.0. The lowest BCUT2D eigenvalue weighted by molar-refractivity contribution is 0.0690. The number of nitrogens with zero attached hydrogens (tertiary/aromatic N) is 2. The van der Waals surface area contributed by atoms with Gasteiger partial charge in [-0.05, 0) is 67.1 Å². The Morgan fingerprint density at radius 2 is 1.93 bits per heavy atom. The Morgan fingerprint density at radius 3 is 2.56 bits per heavy atom. The number of rotatable bonds is 6. The van der Waals surface area contributed by atoms with Crippen molar-refractivity contribution in [1.82, 2.24) is 4.98 Å². The third-order valence-electron chi connectivity index (χ3n) is 6.57. The second-order valence-electron chi connectivity index (χ2n) is 8.56. The van der Waals surface area contributed by atoms with Gasteiger partial charge < -0.3 is 10.0 Å². The van der Waals surface area contributed by atoms with Gasteiger partial charge in [0.05, 0.1) is 11.9 Å².